The molecule has 0 spiro atoms. The van der Waals surface area contributed by atoms with Gasteiger partial charge in [-0.2, -0.15) is 0 Å². The largest absolute Gasteiger partial charge is 0.418 e. The van der Waals surface area contributed by atoms with Gasteiger partial charge in [-0.3, -0.25) is 4.79 Å². The molecule has 0 atom stereocenters. The average Bonchev–Trinajstić information content (AvgIpc) is 3.26. The third-order valence-corrected chi connectivity index (χ3v) is 5.38. The standard InChI is InChI=1S/C24H26N6O2/c1-3-30(4-2)12-11-26-22(31)17-8-5-7-16(13-17)18-14-19(21(25)28-15-18)23-29-20-9-6-10-27-24(20)32-23/h5-10,13-15H,3-4,11-12H2,1-2H3,(H2,25,28)(H,26,31). The summed E-state index contributed by atoms with van der Waals surface area (Å²) < 4.78 is 5.76. The highest BCUT2D eigenvalue weighted by Crippen LogP contribution is 2.31. The number of fused-ring (bicyclic) bond motifs is 1. The number of likely N-dealkylation sites (N-methyl/N-ethyl adjacent to an activating group) is 1. The Hall–Kier alpha value is -3.78. The highest BCUT2D eigenvalue weighted by Gasteiger charge is 2.15. The fraction of sp³-hybridized carbons (Fsp3) is 0.250. The van der Waals surface area contributed by atoms with Gasteiger partial charge in [0.25, 0.3) is 5.91 Å². The fourth-order valence-corrected chi connectivity index (χ4v) is 3.50. The molecule has 8 heteroatoms. The van der Waals surface area contributed by atoms with E-state index >= 15 is 0 Å². The Morgan fingerprint density at radius 3 is 2.72 bits per heavy atom. The Morgan fingerprint density at radius 2 is 1.94 bits per heavy atom. The number of hydrogen-bond donors (Lipinski definition) is 2. The number of pyridine rings is 2. The minimum atomic E-state index is -0.104. The van der Waals surface area contributed by atoms with E-state index in [1.807, 2.05) is 30.3 Å². The van der Waals surface area contributed by atoms with Crippen LogP contribution in [0.5, 0.6) is 0 Å². The van der Waals surface area contributed by atoms with Gasteiger partial charge in [0.1, 0.15) is 11.3 Å². The summed E-state index contributed by atoms with van der Waals surface area (Å²) >= 11 is 0. The van der Waals surface area contributed by atoms with Crippen LogP contribution in [0.4, 0.5) is 5.82 Å². The van der Waals surface area contributed by atoms with Gasteiger partial charge in [-0.05, 0) is 49.0 Å². The number of hydrogen-bond acceptors (Lipinski definition) is 7. The minimum absolute atomic E-state index is 0.104. The van der Waals surface area contributed by atoms with Crippen LogP contribution in [-0.2, 0) is 0 Å². The van der Waals surface area contributed by atoms with Crippen molar-refractivity contribution in [3.05, 3.63) is 60.4 Å². The van der Waals surface area contributed by atoms with Gasteiger partial charge in [0.05, 0.1) is 5.56 Å². The molecule has 32 heavy (non-hydrogen) atoms. The molecule has 4 aromatic rings. The zero-order chi connectivity index (χ0) is 22.5. The smallest absolute Gasteiger partial charge is 0.251 e. The first-order chi connectivity index (χ1) is 15.6. The van der Waals surface area contributed by atoms with Crippen LogP contribution in [0.1, 0.15) is 24.2 Å². The molecule has 1 amide bonds. The number of nitrogen functional groups attached to an aromatic ring is 1. The molecule has 1 aromatic carbocycles. The molecule has 0 radical (unpaired) electrons. The van der Waals surface area contributed by atoms with E-state index in [2.05, 4.69) is 39.0 Å². The lowest BCUT2D eigenvalue weighted by Crippen LogP contribution is -2.34. The summed E-state index contributed by atoms with van der Waals surface area (Å²) in [7, 11) is 0. The van der Waals surface area contributed by atoms with Crippen LogP contribution in [0.25, 0.3) is 33.8 Å². The zero-order valence-electron chi connectivity index (χ0n) is 18.2. The van der Waals surface area contributed by atoms with E-state index in [1.165, 1.54) is 0 Å². The van der Waals surface area contributed by atoms with Gasteiger partial charge in [-0.25, -0.2) is 15.0 Å². The van der Waals surface area contributed by atoms with Crippen molar-refractivity contribution in [3.8, 4) is 22.6 Å². The molecule has 3 aromatic heterocycles. The van der Waals surface area contributed by atoms with E-state index in [9.17, 15) is 4.79 Å². The third-order valence-electron chi connectivity index (χ3n) is 5.38. The first-order valence-electron chi connectivity index (χ1n) is 10.7. The molecule has 0 bridgehead atoms. The number of benzene rings is 1. The van der Waals surface area contributed by atoms with Gasteiger partial charge >= 0.3 is 0 Å². The monoisotopic (exact) mass is 430 g/mol. The summed E-state index contributed by atoms with van der Waals surface area (Å²) in [5.74, 6) is 0.564. The van der Waals surface area contributed by atoms with E-state index < -0.39 is 0 Å². The first kappa shape index (κ1) is 21.5. The molecule has 0 fully saturated rings. The van der Waals surface area contributed by atoms with Gasteiger partial charge in [0, 0.05) is 36.6 Å². The number of oxazole rings is 1. The topological polar surface area (TPSA) is 110 Å². The maximum atomic E-state index is 12.6. The van der Waals surface area contributed by atoms with Gasteiger partial charge in [0.15, 0.2) is 0 Å². The Labute approximate surface area is 186 Å². The second-order valence-corrected chi connectivity index (χ2v) is 7.37. The molecule has 4 rings (SSSR count). The summed E-state index contributed by atoms with van der Waals surface area (Å²) in [4.78, 5) is 27.9. The minimum Gasteiger partial charge on any atom is -0.418 e. The summed E-state index contributed by atoms with van der Waals surface area (Å²) in [6, 6.07) is 12.9. The van der Waals surface area contributed by atoms with Crippen LogP contribution in [0.15, 0.2) is 59.3 Å². The van der Waals surface area contributed by atoms with E-state index in [-0.39, 0.29) is 5.91 Å². The molecule has 0 aliphatic heterocycles. The van der Waals surface area contributed by atoms with Crippen LogP contribution in [0, 0.1) is 0 Å². The molecule has 0 aliphatic carbocycles. The van der Waals surface area contributed by atoms with Crippen molar-refractivity contribution in [3.63, 3.8) is 0 Å². The molecule has 0 unspecified atom stereocenters. The second-order valence-electron chi connectivity index (χ2n) is 7.37. The average molecular weight is 431 g/mol. The number of aromatic nitrogens is 3. The number of amides is 1. The van der Waals surface area contributed by atoms with Crippen LogP contribution in [-0.4, -0.2) is 51.9 Å². The maximum Gasteiger partial charge on any atom is 0.251 e. The van der Waals surface area contributed by atoms with Crippen molar-refractivity contribution < 1.29 is 9.21 Å². The molecule has 0 saturated heterocycles. The van der Waals surface area contributed by atoms with Crippen molar-refractivity contribution in [2.24, 2.45) is 0 Å². The number of nitrogens with one attached hydrogen (secondary N) is 1. The zero-order valence-corrected chi connectivity index (χ0v) is 18.2. The Balaban J connectivity index is 1.56. The predicted molar refractivity (Wildman–Crippen MR) is 125 cm³/mol. The van der Waals surface area contributed by atoms with Crippen LogP contribution in [0.2, 0.25) is 0 Å². The van der Waals surface area contributed by atoms with Gasteiger partial charge in [-0.15, -0.1) is 0 Å². The Kier molecular flexibility index (Phi) is 6.42. The molecule has 0 saturated carbocycles. The normalized spacial score (nSPS) is 11.2. The lowest BCUT2D eigenvalue weighted by molar-refractivity contribution is 0.0949. The molecule has 0 aliphatic rings. The quantitative estimate of drug-likeness (QED) is 0.439. The molecule has 3 N–H and O–H groups in total. The highest BCUT2D eigenvalue weighted by molar-refractivity contribution is 5.95. The summed E-state index contributed by atoms with van der Waals surface area (Å²) in [5, 5.41) is 2.99. The summed E-state index contributed by atoms with van der Waals surface area (Å²) in [6.45, 7) is 7.57. The van der Waals surface area contributed by atoms with Crippen LogP contribution >= 0.6 is 0 Å². The van der Waals surface area contributed by atoms with Crippen molar-refractivity contribution in [1.29, 1.82) is 0 Å². The van der Waals surface area contributed by atoms with Crippen molar-refractivity contribution >= 4 is 23.0 Å². The molecule has 164 valence electrons. The van der Waals surface area contributed by atoms with Crippen molar-refractivity contribution in [2.75, 3.05) is 31.9 Å². The van der Waals surface area contributed by atoms with Crippen LogP contribution in [0.3, 0.4) is 0 Å². The van der Waals surface area contributed by atoms with Gasteiger partial charge in [0.2, 0.25) is 11.6 Å². The Bertz CT molecular complexity index is 1200. The number of rotatable bonds is 8. The SMILES string of the molecule is CCN(CC)CCNC(=O)c1cccc(-c2cnc(N)c(-c3nc4cccnc4o3)c2)c1. The van der Waals surface area contributed by atoms with E-state index in [4.69, 9.17) is 10.2 Å². The molecule has 8 nitrogen and oxygen atoms in total. The highest BCUT2D eigenvalue weighted by atomic mass is 16.4. The number of nitrogens with zero attached hydrogens (tertiary/aromatic N) is 4. The predicted octanol–water partition coefficient (Wildman–Crippen LogP) is 3.61. The third kappa shape index (κ3) is 4.60. The Morgan fingerprint density at radius 1 is 1.09 bits per heavy atom. The summed E-state index contributed by atoms with van der Waals surface area (Å²) in [6.07, 6.45) is 3.32. The van der Waals surface area contributed by atoms with Crippen molar-refractivity contribution in [1.82, 2.24) is 25.2 Å². The van der Waals surface area contributed by atoms with E-state index in [0.29, 0.717) is 40.6 Å². The van der Waals surface area contributed by atoms with Crippen molar-refractivity contribution in [2.45, 2.75) is 13.8 Å². The van der Waals surface area contributed by atoms with Gasteiger partial charge < -0.3 is 20.4 Å². The second kappa shape index (κ2) is 9.57. The van der Waals surface area contributed by atoms with Gasteiger partial charge in [-0.1, -0.05) is 26.0 Å². The lowest BCUT2D eigenvalue weighted by Gasteiger charge is -2.18. The number of anilines is 1. The lowest BCUT2D eigenvalue weighted by atomic mass is 10.0. The molecular formula is C24H26N6O2. The summed E-state index contributed by atoms with van der Waals surface area (Å²) in [5.41, 5.74) is 10.0. The van der Waals surface area contributed by atoms with Crippen LogP contribution < -0.4 is 11.1 Å². The number of carbonyl (C=O) groups excluding carboxylic acids is 1. The van der Waals surface area contributed by atoms with E-state index in [1.54, 1.807) is 24.5 Å². The molecular weight excluding hydrogens is 404 g/mol. The van der Waals surface area contributed by atoms with E-state index in [0.717, 1.165) is 30.8 Å². The fourth-order valence-electron chi connectivity index (χ4n) is 3.50. The number of nitrogens with two attached hydrogens (primary N) is 1. The maximum absolute atomic E-state index is 12.6. The molecule has 3 heterocycles. The number of carbonyl (C=O) groups is 1. The first-order valence-corrected chi connectivity index (χ1v) is 10.7.